The van der Waals surface area contributed by atoms with Gasteiger partial charge in [0.05, 0.1) is 11.6 Å². The summed E-state index contributed by atoms with van der Waals surface area (Å²) in [5.41, 5.74) is 1.24. The average Bonchev–Trinajstić information content (AvgIpc) is 2.51. The van der Waals surface area contributed by atoms with Crippen LogP contribution in [0.25, 0.3) is 0 Å². The minimum absolute atomic E-state index is 0.0718. The molecule has 0 aliphatic heterocycles. The van der Waals surface area contributed by atoms with Crippen molar-refractivity contribution in [1.29, 1.82) is 0 Å². The monoisotopic (exact) mass is 339 g/mol. The second kappa shape index (κ2) is 7.38. The quantitative estimate of drug-likeness (QED) is 0.864. The van der Waals surface area contributed by atoms with Crippen molar-refractivity contribution in [2.24, 2.45) is 0 Å². The summed E-state index contributed by atoms with van der Waals surface area (Å²) < 4.78 is 5.26. The Balaban J connectivity index is 2.10. The summed E-state index contributed by atoms with van der Waals surface area (Å²) in [4.78, 5) is 12.2. The van der Waals surface area contributed by atoms with Gasteiger partial charge in [-0.25, -0.2) is 0 Å². The van der Waals surface area contributed by atoms with E-state index < -0.39 is 0 Å². The average molecular weight is 340 g/mol. The highest BCUT2D eigenvalue weighted by molar-refractivity contribution is 6.32. The molecule has 0 aliphatic rings. The molecule has 1 amide bonds. The summed E-state index contributed by atoms with van der Waals surface area (Å²) in [7, 11) is 0. The van der Waals surface area contributed by atoms with E-state index in [2.05, 4.69) is 5.32 Å². The Labute approximate surface area is 138 Å². The zero-order valence-electron chi connectivity index (χ0n) is 11.9. The molecule has 2 aromatic rings. The lowest BCUT2D eigenvalue weighted by Crippen LogP contribution is -2.22. The minimum Gasteiger partial charge on any atom is -0.503 e. The Kier molecular flexibility index (Phi) is 5.52. The standard InChI is InChI=1S/C16H15Cl2NO3/c1-2-22-14-8-11(7-13(18)15(14)20)16(21)19-9-10-3-5-12(17)6-4-10/h3-8,20H,2,9H2,1H3,(H,19,21). The molecule has 6 heteroatoms. The Morgan fingerprint density at radius 2 is 1.91 bits per heavy atom. The zero-order chi connectivity index (χ0) is 16.1. The molecule has 0 unspecified atom stereocenters. The third-order valence-electron chi connectivity index (χ3n) is 2.96. The van der Waals surface area contributed by atoms with Crippen LogP contribution in [-0.2, 0) is 6.54 Å². The molecule has 0 aromatic heterocycles. The summed E-state index contributed by atoms with van der Waals surface area (Å²) in [6.07, 6.45) is 0. The van der Waals surface area contributed by atoms with Gasteiger partial charge < -0.3 is 15.2 Å². The molecule has 0 atom stereocenters. The number of benzene rings is 2. The highest BCUT2D eigenvalue weighted by atomic mass is 35.5. The lowest BCUT2D eigenvalue weighted by atomic mass is 10.1. The molecule has 22 heavy (non-hydrogen) atoms. The van der Waals surface area contributed by atoms with E-state index in [9.17, 15) is 9.90 Å². The summed E-state index contributed by atoms with van der Waals surface area (Å²) in [5.74, 6) is -0.290. The van der Waals surface area contributed by atoms with E-state index in [1.165, 1.54) is 12.1 Å². The van der Waals surface area contributed by atoms with E-state index in [-0.39, 0.29) is 22.4 Å². The molecular formula is C16H15Cl2NO3. The molecule has 0 fully saturated rings. The van der Waals surface area contributed by atoms with Crippen LogP contribution in [0, 0.1) is 0 Å². The number of aromatic hydroxyl groups is 1. The number of carbonyl (C=O) groups excluding carboxylic acids is 1. The van der Waals surface area contributed by atoms with Crippen molar-refractivity contribution in [3.8, 4) is 11.5 Å². The molecule has 2 N–H and O–H groups in total. The predicted octanol–water partition coefficient (Wildman–Crippen LogP) is 4.03. The maximum absolute atomic E-state index is 12.2. The Morgan fingerprint density at radius 3 is 2.55 bits per heavy atom. The van der Waals surface area contributed by atoms with E-state index in [4.69, 9.17) is 27.9 Å². The van der Waals surface area contributed by atoms with Gasteiger partial charge in [-0.2, -0.15) is 0 Å². The number of halogens is 2. The van der Waals surface area contributed by atoms with Gasteiger partial charge in [-0.15, -0.1) is 0 Å². The lowest BCUT2D eigenvalue weighted by Gasteiger charge is -2.10. The predicted molar refractivity (Wildman–Crippen MR) is 86.9 cm³/mol. The first-order valence-corrected chi connectivity index (χ1v) is 7.44. The molecule has 116 valence electrons. The second-order valence-electron chi connectivity index (χ2n) is 4.55. The topological polar surface area (TPSA) is 58.6 Å². The molecule has 4 nitrogen and oxygen atoms in total. The normalized spacial score (nSPS) is 10.3. The van der Waals surface area contributed by atoms with E-state index in [1.54, 1.807) is 19.1 Å². The molecule has 2 aromatic carbocycles. The van der Waals surface area contributed by atoms with Crippen molar-refractivity contribution >= 4 is 29.1 Å². The van der Waals surface area contributed by atoms with Gasteiger partial charge in [-0.3, -0.25) is 4.79 Å². The first-order valence-electron chi connectivity index (χ1n) is 6.69. The van der Waals surface area contributed by atoms with Crippen LogP contribution in [0.2, 0.25) is 10.0 Å². The van der Waals surface area contributed by atoms with Crippen LogP contribution in [0.1, 0.15) is 22.8 Å². The van der Waals surface area contributed by atoms with Crippen LogP contribution >= 0.6 is 23.2 Å². The van der Waals surface area contributed by atoms with Gasteiger partial charge in [0.1, 0.15) is 0 Å². The summed E-state index contributed by atoms with van der Waals surface area (Å²) in [6, 6.07) is 10.0. The first kappa shape index (κ1) is 16.5. The number of ether oxygens (including phenoxy) is 1. The number of amides is 1. The molecule has 0 heterocycles. The lowest BCUT2D eigenvalue weighted by molar-refractivity contribution is 0.0950. The van der Waals surface area contributed by atoms with E-state index in [0.29, 0.717) is 23.7 Å². The molecule has 2 rings (SSSR count). The molecular weight excluding hydrogens is 325 g/mol. The number of phenolic OH excluding ortho intramolecular Hbond substituents is 1. The highest BCUT2D eigenvalue weighted by Crippen LogP contribution is 2.35. The van der Waals surface area contributed by atoms with E-state index >= 15 is 0 Å². The molecule has 0 saturated heterocycles. The molecule has 0 spiro atoms. The number of hydrogen-bond acceptors (Lipinski definition) is 3. The Bertz CT molecular complexity index is 672. The van der Waals surface area contributed by atoms with Gasteiger partial charge in [0, 0.05) is 17.1 Å². The van der Waals surface area contributed by atoms with E-state index in [0.717, 1.165) is 5.56 Å². The summed E-state index contributed by atoms with van der Waals surface area (Å²) in [5, 5.41) is 13.3. The fourth-order valence-electron chi connectivity index (χ4n) is 1.86. The van der Waals surface area contributed by atoms with Crippen molar-refractivity contribution < 1.29 is 14.6 Å². The fraction of sp³-hybridized carbons (Fsp3) is 0.188. The minimum atomic E-state index is -0.308. The Morgan fingerprint density at radius 1 is 1.23 bits per heavy atom. The number of nitrogens with one attached hydrogen (secondary N) is 1. The Hall–Kier alpha value is -1.91. The fourth-order valence-corrected chi connectivity index (χ4v) is 2.19. The van der Waals surface area contributed by atoms with Crippen LogP contribution in [-0.4, -0.2) is 17.6 Å². The van der Waals surface area contributed by atoms with Gasteiger partial charge in [0.25, 0.3) is 5.91 Å². The third-order valence-corrected chi connectivity index (χ3v) is 3.50. The number of rotatable bonds is 5. The van der Waals surface area contributed by atoms with E-state index in [1.807, 2.05) is 12.1 Å². The first-order chi connectivity index (χ1) is 10.5. The van der Waals surface area contributed by atoms with Crippen LogP contribution in [0.4, 0.5) is 0 Å². The van der Waals surface area contributed by atoms with Gasteiger partial charge in [0.2, 0.25) is 0 Å². The van der Waals surface area contributed by atoms with Gasteiger partial charge in [0.15, 0.2) is 11.5 Å². The summed E-state index contributed by atoms with van der Waals surface area (Å²) in [6.45, 7) is 2.50. The van der Waals surface area contributed by atoms with Gasteiger partial charge in [-0.1, -0.05) is 35.3 Å². The molecule has 0 bridgehead atoms. The number of carbonyl (C=O) groups is 1. The third kappa shape index (κ3) is 4.06. The zero-order valence-corrected chi connectivity index (χ0v) is 13.4. The maximum Gasteiger partial charge on any atom is 0.251 e. The largest absolute Gasteiger partial charge is 0.503 e. The number of hydrogen-bond donors (Lipinski definition) is 2. The van der Waals surface area contributed by atoms with Gasteiger partial charge >= 0.3 is 0 Å². The van der Waals surface area contributed by atoms with Crippen molar-refractivity contribution in [2.75, 3.05) is 6.61 Å². The van der Waals surface area contributed by atoms with Crippen molar-refractivity contribution in [1.82, 2.24) is 5.32 Å². The van der Waals surface area contributed by atoms with Gasteiger partial charge in [-0.05, 0) is 36.8 Å². The number of phenols is 1. The maximum atomic E-state index is 12.2. The van der Waals surface area contributed by atoms with Crippen LogP contribution in [0.5, 0.6) is 11.5 Å². The highest BCUT2D eigenvalue weighted by Gasteiger charge is 2.14. The van der Waals surface area contributed by atoms with Crippen LogP contribution in [0.3, 0.4) is 0 Å². The van der Waals surface area contributed by atoms with Crippen LogP contribution < -0.4 is 10.1 Å². The van der Waals surface area contributed by atoms with Crippen LogP contribution in [0.15, 0.2) is 36.4 Å². The SMILES string of the molecule is CCOc1cc(C(=O)NCc2ccc(Cl)cc2)cc(Cl)c1O. The molecule has 0 aliphatic carbocycles. The van der Waals surface area contributed by atoms with Crippen molar-refractivity contribution in [2.45, 2.75) is 13.5 Å². The van der Waals surface area contributed by atoms with Crippen molar-refractivity contribution in [3.05, 3.63) is 57.6 Å². The smallest absolute Gasteiger partial charge is 0.251 e. The second-order valence-corrected chi connectivity index (χ2v) is 5.39. The molecule has 0 saturated carbocycles. The summed E-state index contributed by atoms with van der Waals surface area (Å²) >= 11 is 11.7. The molecule has 0 radical (unpaired) electrons. The van der Waals surface area contributed by atoms with Crippen molar-refractivity contribution in [3.63, 3.8) is 0 Å².